The molecule has 17 heavy (non-hydrogen) atoms. The molecule has 2 aromatic rings. The Hall–Kier alpha value is -1.68. The molecule has 0 radical (unpaired) electrons. The molecule has 0 atom stereocenters. The minimum atomic E-state index is 0.177. The van der Waals surface area contributed by atoms with Gasteiger partial charge in [-0.3, -0.25) is 4.79 Å². The van der Waals surface area contributed by atoms with Crippen LogP contribution in [0.2, 0.25) is 0 Å². The Morgan fingerprint density at radius 1 is 1.29 bits per heavy atom. The normalized spacial score (nSPS) is 17.4. The van der Waals surface area contributed by atoms with Crippen LogP contribution in [0.4, 0.5) is 0 Å². The summed E-state index contributed by atoms with van der Waals surface area (Å²) >= 11 is 0. The van der Waals surface area contributed by atoms with Gasteiger partial charge in [0.15, 0.2) is 5.78 Å². The number of imidazole rings is 1. The first kappa shape index (κ1) is 10.5. The number of rotatable bonds is 2. The number of nitrogens with one attached hydrogen (secondary N) is 2. The summed E-state index contributed by atoms with van der Waals surface area (Å²) in [4.78, 5) is 19.5. The lowest BCUT2D eigenvalue weighted by Gasteiger charge is -2.21. The molecule has 1 aromatic carbocycles. The van der Waals surface area contributed by atoms with E-state index < -0.39 is 0 Å². The summed E-state index contributed by atoms with van der Waals surface area (Å²) in [6.45, 7) is 1.89. The first-order valence-electron chi connectivity index (χ1n) is 6.02. The van der Waals surface area contributed by atoms with Crippen LogP contribution < -0.4 is 5.32 Å². The first-order valence-corrected chi connectivity index (χ1v) is 6.02. The van der Waals surface area contributed by atoms with Gasteiger partial charge in [0.25, 0.3) is 0 Å². The number of H-pyrrole nitrogens is 1. The number of carbonyl (C=O) groups is 1. The molecular weight excluding hydrogens is 214 g/mol. The maximum absolute atomic E-state index is 12.3. The fourth-order valence-corrected chi connectivity index (χ4v) is 2.41. The third-order valence-corrected chi connectivity index (χ3v) is 3.41. The number of ketones is 1. The van der Waals surface area contributed by atoms with Gasteiger partial charge in [0.2, 0.25) is 0 Å². The molecule has 2 N–H and O–H groups in total. The predicted octanol–water partition coefficient (Wildman–Crippen LogP) is 1.75. The van der Waals surface area contributed by atoms with Crippen LogP contribution in [0.25, 0.3) is 11.0 Å². The lowest BCUT2D eigenvalue weighted by Crippen LogP contribution is -2.31. The Labute approximate surface area is 99.4 Å². The number of hydrogen-bond acceptors (Lipinski definition) is 3. The lowest BCUT2D eigenvalue weighted by molar-refractivity contribution is 0.0895. The zero-order valence-electron chi connectivity index (χ0n) is 9.57. The zero-order chi connectivity index (χ0) is 11.7. The van der Waals surface area contributed by atoms with Gasteiger partial charge in [-0.05, 0) is 44.1 Å². The highest BCUT2D eigenvalue weighted by molar-refractivity contribution is 6.00. The number of Topliss-reactive ketones (excluding diaryl/α,β-unsaturated/α-hetero) is 1. The van der Waals surface area contributed by atoms with E-state index >= 15 is 0 Å². The van der Waals surface area contributed by atoms with Gasteiger partial charge in [-0.2, -0.15) is 0 Å². The zero-order valence-corrected chi connectivity index (χ0v) is 9.57. The van der Waals surface area contributed by atoms with Crippen LogP contribution in [-0.2, 0) is 0 Å². The molecule has 0 bridgehead atoms. The number of hydrogen-bond donors (Lipinski definition) is 2. The van der Waals surface area contributed by atoms with Gasteiger partial charge in [0, 0.05) is 11.5 Å². The van der Waals surface area contributed by atoms with Gasteiger partial charge in [-0.15, -0.1) is 0 Å². The quantitative estimate of drug-likeness (QED) is 0.771. The van der Waals surface area contributed by atoms with Crippen LogP contribution in [0.5, 0.6) is 0 Å². The van der Waals surface area contributed by atoms with Crippen LogP contribution in [0, 0.1) is 5.92 Å². The van der Waals surface area contributed by atoms with E-state index in [0.717, 1.165) is 42.5 Å². The number of aromatic amines is 1. The minimum absolute atomic E-state index is 0.177. The summed E-state index contributed by atoms with van der Waals surface area (Å²) < 4.78 is 0. The van der Waals surface area contributed by atoms with Crippen LogP contribution in [0.3, 0.4) is 0 Å². The molecule has 0 aliphatic carbocycles. The van der Waals surface area contributed by atoms with E-state index in [1.807, 2.05) is 18.2 Å². The topological polar surface area (TPSA) is 57.8 Å². The van der Waals surface area contributed by atoms with Gasteiger partial charge in [0.05, 0.1) is 17.4 Å². The standard InChI is InChI=1S/C13H15N3O/c17-13(9-3-5-14-6-4-9)10-1-2-11-12(7-10)16-8-15-11/h1-2,7-9,14H,3-6H2,(H,15,16). The summed E-state index contributed by atoms with van der Waals surface area (Å²) in [5, 5.41) is 3.28. The number of nitrogens with zero attached hydrogens (tertiary/aromatic N) is 1. The van der Waals surface area contributed by atoms with Crippen molar-refractivity contribution in [3.63, 3.8) is 0 Å². The molecule has 0 unspecified atom stereocenters. The molecule has 88 valence electrons. The van der Waals surface area contributed by atoms with Crippen molar-refractivity contribution >= 4 is 16.8 Å². The second kappa shape index (κ2) is 4.30. The average molecular weight is 229 g/mol. The molecule has 1 fully saturated rings. The summed E-state index contributed by atoms with van der Waals surface area (Å²) in [6.07, 6.45) is 3.54. The van der Waals surface area contributed by atoms with Crippen LogP contribution in [-0.4, -0.2) is 28.8 Å². The highest BCUT2D eigenvalue weighted by Crippen LogP contribution is 2.20. The van der Waals surface area contributed by atoms with E-state index in [-0.39, 0.29) is 11.7 Å². The maximum atomic E-state index is 12.3. The van der Waals surface area contributed by atoms with Crippen molar-refractivity contribution in [3.8, 4) is 0 Å². The molecule has 1 aliphatic heterocycles. The molecular formula is C13H15N3O. The van der Waals surface area contributed by atoms with Gasteiger partial charge in [-0.25, -0.2) is 4.98 Å². The largest absolute Gasteiger partial charge is 0.345 e. The van der Waals surface area contributed by atoms with E-state index in [1.54, 1.807) is 6.33 Å². The summed E-state index contributed by atoms with van der Waals surface area (Å²) in [5.41, 5.74) is 2.64. The van der Waals surface area contributed by atoms with Gasteiger partial charge < -0.3 is 10.3 Å². The van der Waals surface area contributed by atoms with E-state index in [9.17, 15) is 4.79 Å². The first-order chi connectivity index (χ1) is 8.34. The average Bonchev–Trinajstić information content (AvgIpc) is 2.86. The summed E-state index contributed by atoms with van der Waals surface area (Å²) in [5.74, 6) is 0.444. The number of carbonyl (C=O) groups excluding carboxylic acids is 1. The third-order valence-electron chi connectivity index (χ3n) is 3.41. The fraction of sp³-hybridized carbons (Fsp3) is 0.385. The second-order valence-electron chi connectivity index (χ2n) is 4.52. The molecule has 0 saturated carbocycles. The molecule has 0 amide bonds. The Morgan fingerprint density at radius 2 is 2.12 bits per heavy atom. The molecule has 1 aliphatic rings. The Balaban J connectivity index is 1.88. The highest BCUT2D eigenvalue weighted by atomic mass is 16.1. The molecule has 4 nitrogen and oxygen atoms in total. The lowest BCUT2D eigenvalue weighted by atomic mass is 9.89. The number of piperidine rings is 1. The van der Waals surface area contributed by atoms with Crippen molar-refractivity contribution in [2.45, 2.75) is 12.8 Å². The number of fused-ring (bicyclic) bond motifs is 1. The van der Waals surface area contributed by atoms with Crippen molar-refractivity contribution in [2.75, 3.05) is 13.1 Å². The summed E-state index contributed by atoms with van der Waals surface area (Å²) in [7, 11) is 0. The minimum Gasteiger partial charge on any atom is -0.345 e. The second-order valence-corrected chi connectivity index (χ2v) is 4.52. The molecule has 2 heterocycles. The van der Waals surface area contributed by atoms with Gasteiger partial charge in [-0.1, -0.05) is 0 Å². The molecule has 3 rings (SSSR count). The Bertz CT molecular complexity index is 540. The van der Waals surface area contributed by atoms with E-state index in [4.69, 9.17) is 0 Å². The third kappa shape index (κ3) is 1.96. The predicted molar refractivity (Wildman–Crippen MR) is 66.0 cm³/mol. The van der Waals surface area contributed by atoms with E-state index in [1.165, 1.54) is 0 Å². The Morgan fingerprint density at radius 3 is 2.94 bits per heavy atom. The van der Waals surface area contributed by atoms with Crippen molar-refractivity contribution in [2.24, 2.45) is 5.92 Å². The van der Waals surface area contributed by atoms with Crippen molar-refractivity contribution in [1.29, 1.82) is 0 Å². The fourth-order valence-electron chi connectivity index (χ4n) is 2.41. The molecule has 0 spiro atoms. The van der Waals surface area contributed by atoms with Crippen LogP contribution in [0.15, 0.2) is 24.5 Å². The Kier molecular flexibility index (Phi) is 2.65. The SMILES string of the molecule is O=C(c1ccc2nc[nH]c2c1)C1CCNCC1. The van der Waals surface area contributed by atoms with E-state index in [2.05, 4.69) is 15.3 Å². The van der Waals surface area contributed by atoms with Gasteiger partial charge in [0.1, 0.15) is 0 Å². The molecule has 4 heteroatoms. The smallest absolute Gasteiger partial charge is 0.166 e. The van der Waals surface area contributed by atoms with E-state index in [0.29, 0.717) is 0 Å². The van der Waals surface area contributed by atoms with Crippen LogP contribution in [0.1, 0.15) is 23.2 Å². The number of benzene rings is 1. The monoisotopic (exact) mass is 229 g/mol. The number of aromatic nitrogens is 2. The highest BCUT2D eigenvalue weighted by Gasteiger charge is 2.22. The summed E-state index contributed by atoms with van der Waals surface area (Å²) in [6, 6.07) is 5.69. The van der Waals surface area contributed by atoms with Crippen molar-refractivity contribution in [3.05, 3.63) is 30.1 Å². The van der Waals surface area contributed by atoms with Crippen molar-refractivity contribution < 1.29 is 4.79 Å². The molecule has 1 saturated heterocycles. The van der Waals surface area contributed by atoms with Gasteiger partial charge >= 0.3 is 0 Å². The van der Waals surface area contributed by atoms with Crippen molar-refractivity contribution in [1.82, 2.24) is 15.3 Å². The molecule has 1 aromatic heterocycles. The maximum Gasteiger partial charge on any atom is 0.166 e. The van der Waals surface area contributed by atoms with Crippen LogP contribution >= 0.6 is 0 Å².